The van der Waals surface area contributed by atoms with Gasteiger partial charge in [-0.3, -0.25) is 9.79 Å². The molecule has 1 unspecified atom stereocenters. The van der Waals surface area contributed by atoms with Gasteiger partial charge in [0.05, 0.1) is 6.10 Å². The Balaban J connectivity index is 0.00000300. The Morgan fingerprint density at radius 3 is 2.59 bits per heavy atom. The Morgan fingerprint density at radius 2 is 2.03 bits per heavy atom. The van der Waals surface area contributed by atoms with E-state index in [1.54, 1.807) is 7.05 Å². The highest BCUT2D eigenvalue weighted by atomic mass is 127. The van der Waals surface area contributed by atoms with Gasteiger partial charge in [0.25, 0.3) is 5.91 Å². The minimum absolute atomic E-state index is 0. The van der Waals surface area contributed by atoms with Gasteiger partial charge >= 0.3 is 0 Å². The van der Waals surface area contributed by atoms with E-state index in [0.29, 0.717) is 32.1 Å². The summed E-state index contributed by atoms with van der Waals surface area (Å²) >= 11 is 0. The first-order valence-corrected chi connectivity index (χ1v) is 10.0. The number of amides is 1. The highest BCUT2D eigenvalue weighted by Crippen LogP contribution is 2.16. The predicted octanol–water partition coefficient (Wildman–Crippen LogP) is 1.89. The van der Waals surface area contributed by atoms with Gasteiger partial charge in [0, 0.05) is 58.6 Å². The van der Waals surface area contributed by atoms with Crippen LogP contribution >= 0.6 is 24.0 Å². The number of nitrogens with one attached hydrogen (secondary N) is 1. The Hall–Kier alpha value is -1.62. The van der Waals surface area contributed by atoms with Gasteiger partial charge in [-0.1, -0.05) is 6.07 Å². The zero-order chi connectivity index (χ0) is 19.9. The Labute approximate surface area is 190 Å². The number of nitrogens with zero attached hydrogens (tertiary/aromatic N) is 4. The molecule has 1 aromatic rings. The molecule has 162 valence electrons. The van der Waals surface area contributed by atoms with E-state index in [1.165, 1.54) is 0 Å². The quantitative estimate of drug-likeness (QED) is 0.365. The number of aromatic nitrogens is 1. The molecule has 8 nitrogen and oxygen atoms in total. The summed E-state index contributed by atoms with van der Waals surface area (Å²) in [4.78, 5) is 25.3. The van der Waals surface area contributed by atoms with Crippen LogP contribution in [0, 0.1) is 0 Å². The van der Waals surface area contributed by atoms with Crippen molar-refractivity contribution in [1.82, 2.24) is 20.1 Å². The molecule has 0 spiro atoms. The molecule has 2 aliphatic rings. The van der Waals surface area contributed by atoms with Crippen molar-refractivity contribution in [2.45, 2.75) is 45.4 Å². The molecule has 2 saturated heterocycles. The van der Waals surface area contributed by atoms with E-state index in [1.807, 2.05) is 37.1 Å². The van der Waals surface area contributed by atoms with Crippen molar-refractivity contribution in [2.75, 3.05) is 39.8 Å². The van der Waals surface area contributed by atoms with Crippen LogP contribution in [0.15, 0.2) is 23.3 Å². The maximum Gasteiger partial charge on any atom is 0.251 e. The first-order valence-electron chi connectivity index (χ1n) is 10.0. The number of hydrogen-bond acceptors (Lipinski definition) is 5. The van der Waals surface area contributed by atoms with Crippen molar-refractivity contribution in [3.05, 3.63) is 23.9 Å². The summed E-state index contributed by atoms with van der Waals surface area (Å²) in [7, 11) is 1.78. The molecule has 9 heteroatoms. The van der Waals surface area contributed by atoms with Crippen molar-refractivity contribution in [2.24, 2.45) is 4.99 Å². The molecule has 2 fully saturated rings. The SMILES string of the molecule is CN=C(NCc1ccc(OC(C)C)nc1)N1CCN(C(=O)C2CCCO2)CC1.I. The zero-order valence-corrected chi connectivity index (χ0v) is 19.8. The summed E-state index contributed by atoms with van der Waals surface area (Å²) in [5.74, 6) is 1.61. The summed E-state index contributed by atoms with van der Waals surface area (Å²) in [5.41, 5.74) is 1.06. The molecule has 29 heavy (non-hydrogen) atoms. The molecule has 0 bridgehead atoms. The molecule has 2 aliphatic heterocycles. The highest BCUT2D eigenvalue weighted by Gasteiger charge is 2.30. The van der Waals surface area contributed by atoms with Gasteiger partial charge < -0.3 is 24.6 Å². The zero-order valence-electron chi connectivity index (χ0n) is 17.5. The second kappa shape index (κ2) is 11.5. The number of ether oxygens (including phenoxy) is 2. The van der Waals surface area contributed by atoms with Gasteiger partial charge in [0.1, 0.15) is 6.10 Å². The fourth-order valence-corrected chi connectivity index (χ4v) is 3.45. The molecule has 0 radical (unpaired) electrons. The van der Waals surface area contributed by atoms with E-state index in [4.69, 9.17) is 9.47 Å². The average Bonchev–Trinajstić information content (AvgIpc) is 3.24. The normalized spacial score (nSPS) is 19.9. The first kappa shape index (κ1) is 23.7. The molecule has 0 saturated carbocycles. The summed E-state index contributed by atoms with van der Waals surface area (Å²) in [6.45, 7) is 8.22. The minimum atomic E-state index is -0.237. The summed E-state index contributed by atoms with van der Waals surface area (Å²) in [5, 5.41) is 3.38. The second-order valence-corrected chi connectivity index (χ2v) is 7.39. The van der Waals surface area contributed by atoms with Crippen LogP contribution in [0.5, 0.6) is 5.88 Å². The number of hydrogen-bond donors (Lipinski definition) is 1. The van der Waals surface area contributed by atoms with E-state index in [0.717, 1.165) is 37.5 Å². The molecule has 3 rings (SSSR count). The highest BCUT2D eigenvalue weighted by molar-refractivity contribution is 14.0. The molecule has 1 atom stereocenters. The van der Waals surface area contributed by atoms with Gasteiger partial charge in [0.15, 0.2) is 5.96 Å². The van der Waals surface area contributed by atoms with Crippen molar-refractivity contribution in [1.29, 1.82) is 0 Å². The molecule has 1 aromatic heterocycles. The largest absolute Gasteiger partial charge is 0.475 e. The van der Waals surface area contributed by atoms with Crippen molar-refractivity contribution in [3.63, 3.8) is 0 Å². The standard InChI is InChI=1S/C20H31N5O3.HI/c1-15(2)28-18-7-6-16(13-22-18)14-23-20(21-3)25-10-8-24(9-11-25)19(26)17-5-4-12-27-17;/h6-7,13,15,17H,4-5,8-12,14H2,1-3H3,(H,21,23);1H. The van der Waals surface area contributed by atoms with Crippen molar-refractivity contribution >= 4 is 35.8 Å². The molecule has 1 amide bonds. The number of aliphatic imine (C=N–C) groups is 1. The summed E-state index contributed by atoms with van der Waals surface area (Å²) in [6.07, 6.45) is 3.51. The maximum atomic E-state index is 12.5. The third kappa shape index (κ3) is 6.70. The second-order valence-electron chi connectivity index (χ2n) is 7.39. The number of piperazine rings is 1. The Morgan fingerprint density at radius 1 is 1.31 bits per heavy atom. The van der Waals surface area contributed by atoms with Crippen molar-refractivity contribution in [3.8, 4) is 5.88 Å². The fourth-order valence-electron chi connectivity index (χ4n) is 3.45. The van der Waals surface area contributed by atoms with E-state index < -0.39 is 0 Å². The van der Waals surface area contributed by atoms with Crippen LogP contribution in [0.1, 0.15) is 32.3 Å². The number of carbonyl (C=O) groups is 1. The lowest BCUT2D eigenvalue weighted by Gasteiger charge is -2.37. The van der Waals surface area contributed by atoms with Crippen LogP contribution in [-0.2, 0) is 16.1 Å². The van der Waals surface area contributed by atoms with E-state index in [-0.39, 0.29) is 42.1 Å². The lowest BCUT2D eigenvalue weighted by Crippen LogP contribution is -2.55. The lowest BCUT2D eigenvalue weighted by molar-refractivity contribution is -0.142. The molecular formula is C20H32IN5O3. The van der Waals surface area contributed by atoms with Crippen LogP contribution in [0.25, 0.3) is 0 Å². The molecule has 3 heterocycles. The third-order valence-corrected chi connectivity index (χ3v) is 4.91. The van der Waals surface area contributed by atoms with E-state index >= 15 is 0 Å². The Kier molecular flexibility index (Phi) is 9.41. The van der Waals surface area contributed by atoms with Gasteiger partial charge in [-0.2, -0.15) is 0 Å². The molecular weight excluding hydrogens is 485 g/mol. The summed E-state index contributed by atoms with van der Waals surface area (Å²) in [6, 6.07) is 3.89. The molecule has 0 aromatic carbocycles. The maximum absolute atomic E-state index is 12.5. The summed E-state index contributed by atoms with van der Waals surface area (Å²) < 4.78 is 11.1. The number of halogens is 1. The van der Waals surface area contributed by atoms with Crippen LogP contribution in [0.2, 0.25) is 0 Å². The lowest BCUT2D eigenvalue weighted by atomic mass is 10.2. The van der Waals surface area contributed by atoms with Gasteiger partial charge in [-0.05, 0) is 32.3 Å². The Bertz CT molecular complexity index is 669. The van der Waals surface area contributed by atoms with Gasteiger partial charge in [0.2, 0.25) is 5.88 Å². The first-order chi connectivity index (χ1) is 13.6. The average molecular weight is 517 g/mol. The number of rotatable bonds is 5. The van der Waals surface area contributed by atoms with Gasteiger partial charge in [-0.25, -0.2) is 4.98 Å². The third-order valence-electron chi connectivity index (χ3n) is 4.91. The van der Waals surface area contributed by atoms with Crippen LogP contribution in [-0.4, -0.2) is 78.7 Å². The number of carbonyl (C=O) groups excluding carboxylic acids is 1. The van der Waals surface area contributed by atoms with Crippen LogP contribution < -0.4 is 10.1 Å². The predicted molar refractivity (Wildman–Crippen MR) is 123 cm³/mol. The minimum Gasteiger partial charge on any atom is -0.475 e. The van der Waals surface area contributed by atoms with E-state index in [9.17, 15) is 4.79 Å². The molecule has 1 N–H and O–H groups in total. The van der Waals surface area contributed by atoms with Crippen LogP contribution in [0.3, 0.4) is 0 Å². The monoisotopic (exact) mass is 517 g/mol. The number of guanidine groups is 1. The van der Waals surface area contributed by atoms with Crippen LogP contribution in [0.4, 0.5) is 0 Å². The van der Waals surface area contributed by atoms with E-state index in [2.05, 4.69) is 20.2 Å². The fraction of sp³-hybridized carbons (Fsp3) is 0.650. The molecule has 0 aliphatic carbocycles. The smallest absolute Gasteiger partial charge is 0.251 e. The van der Waals surface area contributed by atoms with Gasteiger partial charge in [-0.15, -0.1) is 24.0 Å². The van der Waals surface area contributed by atoms with Crippen molar-refractivity contribution < 1.29 is 14.3 Å². The number of pyridine rings is 1. The topological polar surface area (TPSA) is 79.3 Å².